The molecule has 0 aromatic heterocycles. The van der Waals surface area contributed by atoms with Crippen LogP contribution in [0.15, 0.2) is 12.3 Å². The van der Waals surface area contributed by atoms with Crippen LogP contribution in [0.3, 0.4) is 0 Å². The molecule has 0 N–H and O–H groups in total. The Bertz CT molecular complexity index is 185. The molecule has 74 valence electrons. The number of Topliss-reactive ketones (excluding diaryl/α,β-unsaturated/α-hetero) is 1. The lowest BCUT2D eigenvalue weighted by Crippen LogP contribution is -1.97. The molecule has 0 heterocycles. The van der Waals surface area contributed by atoms with Gasteiger partial charge in [-0.2, -0.15) is 0 Å². The van der Waals surface area contributed by atoms with Crippen LogP contribution in [0.4, 0.5) is 0 Å². The lowest BCUT2D eigenvalue weighted by Gasteiger charge is -2.06. The van der Waals surface area contributed by atoms with Crippen LogP contribution in [0.2, 0.25) is 0 Å². The average molecular weight is 182 g/mol. The summed E-state index contributed by atoms with van der Waals surface area (Å²) in [6.45, 7) is 2.73. The molecule has 13 heavy (non-hydrogen) atoms. The van der Waals surface area contributed by atoms with Crippen LogP contribution in [-0.4, -0.2) is 12.4 Å². The SMILES string of the molecule is C/C=C/OCCCC1CCC(=O)C1. The van der Waals surface area contributed by atoms with Crippen LogP contribution in [0.5, 0.6) is 0 Å². The molecule has 1 saturated carbocycles. The van der Waals surface area contributed by atoms with Crippen molar-refractivity contribution < 1.29 is 9.53 Å². The second-order valence-electron chi connectivity index (χ2n) is 3.63. The van der Waals surface area contributed by atoms with Crippen molar-refractivity contribution in [1.29, 1.82) is 0 Å². The number of hydrogen-bond acceptors (Lipinski definition) is 2. The van der Waals surface area contributed by atoms with Gasteiger partial charge >= 0.3 is 0 Å². The normalized spacial score (nSPS) is 22.8. The number of ketones is 1. The molecular formula is C11H18O2. The van der Waals surface area contributed by atoms with E-state index in [2.05, 4.69) is 0 Å². The molecule has 1 aliphatic rings. The second kappa shape index (κ2) is 5.79. The van der Waals surface area contributed by atoms with E-state index in [1.165, 1.54) is 0 Å². The van der Waals surface area contributed by atoms with Gasteiger partial charge in [0, 0.05) is 12.8 Å². The highest BCUT2D eigenvalue weighted by molar-refractivity contribution is 5.80. The van der Waals surface area contributed by atoms with E-state index in [0.29, 0.717) is 11.7 Å². The van der Waals surface area contributed by atoms with E-state index in [-0.39, 0.29) is 0 Å². The zero-order valence-electron chi connectivity index (χ0n) is 8.29. The zero-order valence-corrected chi connectivity index (χ0v) is 8.29. The molecule has 2 heteroatoms. The number of hydrogen-bond donors (Lipinski definition) is 0. The molecule has 1 rings (SSSR count). The maximum atomic E-state index is 10.9. The van der Waals surface area contributed by atoms with Crippen molar-refractivity contribution in [2.45, 2.75) is 39.0 Å². The number of carbonyl (C=O) groups excluding carboxylic acids is 1. The van der Waals surface area contributed by atoms with Gasteiger partial charge in [0.15, 0.2) is 0 Å². The third kappa shape index (κ3) is 4.11. The Kier molecular flexibility index (Phi) is 4.58. The van der Waals surface area contributed by atoms with Crippen molar-refractivity contribution in [3.63, 3.8) is 0 Å². The molecule has 0 saturated heterocycles. The van der Waals surface area contributed by atoms with Crippen LogP contribution in [0.25, 0.3) is 0 Å². The summed E-state index contributed by atoms with van der Waals surface area (Å²) in [5.74, 6) is 1.08. The maximum absolute atomic E-state index is 10.9. The maximum Gasteiger partial charge on any atom is 0.133 e. The first-order valence-electron chi connectivity index (χ1n) is 5.07. The minimum absolute atomic E-state index is 0.444. The van der Waals surface area contributed by atoms with Gasteiger partial charge in [0.2, 0.25) is 0 Å². The van der Waals surface area contributed by atoms with Crippen LogP contribution in [0.1, 0.15) is 39.0 Å². The molecule has 0 aromatic carbocycles. The summed E-state index contributed by atoms with van der Waals surface area (Å²) in [4.78, 5) is 10.9. The number of carbonyl (C=O) groups is 1. The molecule has 1 aliphatic carbocycles. The number of rotatable bonds is 5. The van der Waals surface area contributed by atoms with Crippen LogP contribution < -0.4 is 0 Å². The fourth-order valence-electron chi connectivity index (χ4n) is 1.76. The molecule has 0 amide bonds. The molecule has 0 bridgehead atoms. The lowest BCUT2D eigenvalue weighted by atomic mass is 10.0. The minimum Gasteiger partial charge on any atom is -0.502 e. The van der Waals surface area contributed by atoms with Crippen LogP contribution >= 0.6 is 0 Å². The zero-order chi connectivity index (χ0) is 9.52. The Hall–Kier alpha value is -0.790. The van der Waals surface area contributed by atoms with Crippen molar-refractivity contribution in [3.05, 3.63) is 12.3 Å². The molecule has 0 aliphatic heterocycles. The monoisotopic (exact) mass is 182 g/mol. The summed E-state index contributed by atoms with van der Waals surface area (Å²) in [7, 11) is 0. The Morgan fingerprint density at radius 1 is 1.62 bits per heavy atom. The predicted molar refractivity (Wildman–Crippen MR) is 52.3 cm³/mol. The van der Waals surface area contributed by atoms with Gasteiger partial charge in [-0.15, -0.1) is 0 Å². The van der Waals surface area contributed by atoms with E-state index in [1.54, 1.807) is 6.26 Å². The van der Waals surface area contributed by atoms with Gasteiger partial charge in [-0.3, -0.25) is 4.79 Å². The summed E-state index contributed by atoms with van der Waals surface area (Å²) in [6, 6.07) is 0. The van der Waals surface area contributed by atoms with Crippen molar-refractivity contribution in [2.75, 3.05) is 6.61 Å². The summed E-state index contributed by atoms with van der Waals surface area (Å²) in [6.07, 6.45) is 8.54. The van der Waals surface area contributed by atoms with Gasteiger partial charge in [-0.25, -0.2) is 0 Å². The third-order valence-electron chi connectivity index (χ3n) is 2.45. The molecule has 0 aromatic rings. The molecule has 1 atom stereocenters. The molecule has 2 nitrogen and oxygen atoms in total. The third-order valence-corrected chi connectivity index (χ3v) is 2.45. The predicted octanol–water partition coefficient (Wildman–Crippen LogP) is 2.69. The first kappa shape index (κ1) is 10.3. The molecular weight excluding hydrogens is 164 g/mol. The van der Waals surface area contributed by atoms with Gasteiger partial charge in [-0.05, 0) is 32.1 Å². The first-order valence-corrected chi connectivity index (χ1v) is 5.07. The molecule has 1 fully saturated rings. The van der Waals surface area contributed by atoms with E-state index in [0.717, 1.165) is 38.7 Å². The van der Waals surface area contributed by atoms with Gasteiger partial charge in [-0.1, -0.05) is 6.08 Å². The fraction of sp³-hybridized carbons (Fsp3) is 0.727. The van der Waals surface area contributed by atoms with E-state index < -0.39 is 0 Å². The van der Waals surface area contributed by atoms with Crippen LogP contribution in [0, 0.1) is 5.92 Å². The van der Waals surface area contributed by atoms with Gasteiger partial charge in [0.05, 0.1) is 12.9 Å². The van der Waals surface area contributed by atoms with Crippen molar-refractivity contribution >= 4 is 5.78 Å². The summed E-state index contributed by atoms with van der Waals surface area (Å²) < 4.78 is 5.20. The van der Waals surface area contributed by atoms with Crippen molar-refractivity contribution in [1.82, 2.24) is 0 Å². The smallest absolute Gasteiger partial charge is 0.133 e. The first-order chi connectivity index (χ1) is 6.33. The van der Waals surface area contributed by atoms with Crippen molar-refractivity contribution in [3.8, 4) is 0 Å². The van der Waals surface area contributed by atoms with E-state index >= 15 is 0 Å². The van der Waals surface area contributed by atoms with Gasteiger partial charge < -0.3 is 4.74 Å². The Labute approximate surface area is 80.0 Å². The Morgan fingerprint density at radius 2 is 2.46 bits per heavy atom. The van der Waals surface area contributed by atoms with E-state index in [1.807, 2.05) is 13.0 Å². The molecule has 0 radical (unpaired) electrons. The summed E-state index contributed by atoms with van der Waals surface area (Å²) >= 11 is 0. The van der Waals surface area contributed by atoms with E-state index in [9.17, 15) is 4.79 Å². The summed E-state index contributed by atoms with van der Waals surface area (Å²) in [5, 5.41) is 0. The molecule has 0 spiro atoms. The second-order valence-corrected chi connectivity index (χ2v) is 3.63. The highest BCUT2D eigenvalue weighted by Crippen LogP contribution is 2.25. The lowest BCUT2D eigenvalue weighted by molar-refractivity contribution is -0.117. The van der Waals surface area contributed by atoms with Crippen molar-refractivity contribution in [2.24, 2.45) is 5.92 Å². The fourth-order valence-corrected chi connectivity index (χ4v) is 1.76. The highest BCUT2D eigenvalue weighted by Gasteiger charge is 2.21. The number of allylic oxidation sites excluding steroid dienone is 1. The largest absolute Gasteiger partial charge is 0.502 e. The van der Waals surface area contributed by atoms with Crippen LogP contribution in [-0.2, 0) is 9.53 Å². The quantitative estimate of drug-likeness (QED) is 0.482. The topological polar surface area (TPSA) is 26.3 Å². The average Bonchev–Trinajstić information content (AvgIpc) is 2.51. The van der Waals surface area contributed by atoms with Gasteiger partial charge in [0.1, 0.15) is 5.78 Å². The Balaban J connectivity index is 1.97. The number of ether oxygens (including phenoxy) is 1. The minimum atomic E-state index is 0.444. The van der Waals surface area contributed by atoms with Gasteiger partial charge in [0.25, 0.3) is 0 Å². The molecule has 1 unspecified atom stereocenters. The van der Waals surface area contributed by atoms with E-state index in [4.69, 9.17) is 4.74 Å². The Morgan fingerprint density at radius 3 is 3.08 bits per heavy atom. The summed E-state index contributed by atoms with van der Waals surface area (Å²) in [5.41, 5.74) is 0. The highest BCUT2D eigenvalue weighted by atomic mass is 16.5. The standard InChI is InChI=1S/C11H18O2/c1-2-7-13-8-3-4-10-5-6-11(12)9-10/h2,7,10H,3-6,8-9H2,1H3/b7-2+.